The minimum Gasteiger partial charge on any atom is -0.359 e. The number of H-pyrrole nitrogens is 2. The Hall–Kier alpha value is -3.08. The molecule has 5 heteroatoms. The van der Waals surface area contributed by atoms with Gasteiger partial charge >= 0.3 is 0 Å². The van der Waals surface area contributed by atoms with Crippen LogP contribution in [0.15, 0.2) is 48.7 Å². The summed E-state index contributed by atoms with van der Waals surface area (Å²) in [6, 6.07) is 12.9. The van der Waals surface area contributed by atoms with Crippen molar-refractivity contribution in [3.8, 4) is 0 Å². The summed E-state index contributed by atoms with van der Waals surface area (Å²) in [5, 5.41) is 4.79. The van der Waals surface area contributed by atoms with E-state index >= 15 is 0 Å². The van der Waals surface area contributed by atoms with Crippen LogP contribution in [0.3, 0.4) is 0 Å². The largest absolute Gasteiger partial charge is 0.359 e. The Balaban J connectivity index is 1.45. The van der Waals surface area contributed by atoms with Gasteiger partial charge in [0.2, 0.25) is 0 Å². The van der Waals surface area contributed by atoms with E-state index in [1.807, 2.05) is 37.3 Å². The Kier molecular flexibility index (Phi) is 3.76. The number of aryl methyl sites for hydroxylation is 1. The summed E-state index contributed by atoms with van der Waals surface area (Å²) in [6.07, 6.45) is 2.43. The predicted molar refractivity (Wildman–Crippen MR) is 97.3 cm³/mol. The second-order valence-electron chi connectivity index (χ2n) is 6.26. The molecule has 4 rings (SSSR count). The van der Waals surface area contributed by atoms with Crippen molar-refractivity contribution in [2.75, 3.05) is 6.54 Å². The van der Waals surface area contributed by atoms with Gasteiger partial charge in [-0.3, -0.25) is 4.79 Å². The van der Waals surface area contributed by atoms with E-state index in [-0.39, 0.29) is 11.7 Å². The molecule has 126 valence electrons. The third-order valence-corrected chi connectivity index (χ3v) is 4.45. The summed E-state index contributed by atoms with van der Waals surface area (Å²) in [5.74, 6) is -0.402. The molecule has 0 radical (unpaired) electrons. The molecule has 3 N–H and O–H groups in total. The van der Waals surface area contributed by atoms with Crippen LogP contribution in [0.5, 0.6) is 0 Å². The maximum absolute atomic E-state index is 13.7. The van der Waals surface area contributed by atoms with Crippen molar-refractivity contribution in [3.63, 3.8) is 0 Å². The number of para-hydroxylation sites is 1. The second-order valence-corrected chi connectivity index (χ2v) is 6.26. The first-order chi connectivity index (χ1) is 12.1. The molecule has 0 saturated heterocycles. The van der Waals surface area contributed by atoms with Gasteiger partial charge in [-0.2, -0.15) is 0 Å². The molecule has 4 aromatic rings. The number of carbonyl (C=O) groups is 1. The average molecular weight is 335 g/mol. The highest BCUT2D eigenvalue weighted by molar-refractivity contribution is 5.98. The smallest absolute Gasteiger partial charge is 0.267 e. The van der Waals surface area contributed by atoms with Gasteiger partial charge in [0.25, 0.3) is 5.91 Å². The first kappa shape index (κ1) is 15.4. The maximum Gasteiger partial charge on any atom is 0.267 e. The van der Waals surface area contributed by atoms with Crippen LogP contribution in [-0.2, 0) is 6.42 Å². The second kappa shape index (κ2) is 6.09. The van der Waals surface area contributed by atoms with Gasteiger partial charge in [-0.15, -0.1) is 0 Å². The number of benzene rings is 2. The van der Waals surface area contributed by atoms with Gasteiger partial charge in [0.1, 0.15) is 11.5 Å². The first-order valence-electron chi connectivity index (χ1n) is 8.24. The van der Waals surface area contributed by atoms with Crippen molar-refractivity contribution in [2.24, 2.45) is 0 Å². The zero-order chi connectivity index (χ0) is 17.4. The number of hydrogen-bond donors (Lipinski definition) is 3. The minimum atomic E-state index is -0.263. The van der Waals surface area contributed by atoms with E-state index in [1.54, 1.807) is 12.3 Å². The van der Waals surface area contributed by atoms with Crippen LogP contribution < -0.4 is 5.32 Å². The molecule has 0 atom stereocenters. The first-order valence-corrected chi connectivity index (χ1v) is 8.24. The van der Waals surface area contributed by atoms with Crippen molar-refractivity contribution in [1.29, 1.82) is 0 Å². The third kappa shape index (κ3) is 2.89. The van der Waals surface area contributed by atoms with Crippen molar-refractivity contribution >= 4 is 27.7 Å². The highest BCUT2D eigenvalue weighted by Crippen LogP contribution is 2.21. The van der Waals surface area contributed by atoms with Gasteiger partial charge in [0.15, 0.2) is 0 Å². The van der Waals surface area contributed by atoms with Crippen molar-refractivity contribution < 1.29 is 9.18 Å². The number of hydrogen-bond acceptors (Lipinski definition) is 1. The Morgan fingerprint density at radius 2 is 2.08 bits per heavy atom. The van der Waals surface area contributed by atoms with E-state index in [9.17, 15) is 9.18 Å². The lowest BCUT2D eigenvalue weighted by molar-refractivity contribution is 0.0950. The molecule has 2 aromatic heterocycles. The zero-order valence-electron chi connectivity index (χ0n) is 13.8. The van der Waals surface area contributed by atoms with Gasteiger partial charge in [0.05, 0.1) is 5.52 Å². The average Bonchev–Trinajstić information content (AvgIpc) is 3.19. The Labute approximate surface area is 144 Å². The predicted octanol–water partition coefficient (Wildman–Crippen LogP) is 4.07. The van der Waals surface area contributed by atoms with Crippen molar-refractivity contribution in [1.82, 2.24) is 15.3 Å². The summed E-state index contributed by atoms with van der Waals surface area (Å²) in [5.41, 5.74) is 4.15. The number of amides is 1. The molecule has 0 unspecified atom stereocenters. The SMILES string of the molecule is Cc1ccc2cc(C(=O)NCCc3c[nH]c4c(F)cccc34)[nH]c2c1. The van der Waals surface area contributed by atoms with Gasteiger partial charge in [0, 0.05) is 29.0 Å². The van der Waals surface area contributed by atoms with E-state index in [0.717, 1.165) is 27.4 Å². The Bertz CT molecular complexity index is 1080. The molecule has 0 saturated carbocycles. The molecule has 25 heavy (non-hydrogen) atoms. The van der Waals surface area contributed by atoms with Crippen molar-refractivity contribution in [3.05, 3.63) is 71.3 Å². The molecular weight excluding hydrogens is 317 g/mol. The lowest BCUT2D eigenvalue weighted by atomic mass is 10.1. The lowest BCUT2D eigenvalue weighted by Gasteiger charge is -2.03. The number of halogens is 1. The normalized spacial score (nSPS) is 11.3. The molecule has 1 amide bonds. The topological polar surface area (TPSA) is 60.7 Å². The molecule has 4 nitrogen and oxygen atoms in total. The van der Waals surface area contributed by atoms with Gasteiger partial charge in [-0.1, -0.05) is 24.3 Å². The fourth-order valence-electron chi connectivity index (χ4n) is 3.15. The number of nitrogens with one attached hydrogen (secondary N) is 3. The summed E-state index contributed by atoms with van der Waals surface area (Å²) in [4.78, 5) is 18.4. The summed E-state index contributed by atoms with van der Waals surface area (Å²) < 4.78 is 13.7. The number of rotatable bonds is 4. The van der Waals surface area contributed by atoms with Gasteiger partial charge in [-0.25, -0.2) is 4.39 Å². The molecule has 2 aromatic carbocycles. The number of fused-ring (bicyclic) bond motifs is 2. The van der Waals surface area contributed by atoms with Crippen molar-refractivity contribution in [2.45, 2.75) is 13.3 Å². The molecular formula is C20H18FN3O. The lowest BCUT2D eigenvalue weighted by Crippen LogP contribution is -2.25. The van der Waals surface area contributed by atoms with E-state index in [2.05, 4.69) is 15.3 Å². The van der Waals surface area contributed by atoms with E-state index in [4.69, 9.17) is 0 Å². The van der Waals surface area contributed by atoms with Crippen LogP contribution >= 0.6 is 0 Å². The van der Waals surface area contributed by atoms with Gasteiger partial charge < -0.3 is 15.3 Å². The van der Waals surface area contributed by atoms with Gasteiger partial charge in [-0.05, 0) is 42.7 Å². The van der Waals surface area contributed by atoms with Crippen LogP contribution in [0.4, 0.5) is 4.39 Å². The quantitative estimate of drug-likeness (QED) is 0.517. The van der Waals surface area contributed by atoms with E-state index in [0.29, 0.717) is 24.2 Å². The highest BCUT2D eigenvalue weighted by atomic mass is 19.1. The van der Waals surface area contributed by atoms with E-state index < -0.39 is 0 Å². The maximum atomic E-state index is 13.7. The molecule has 0 aliphatic heterocycles. The number of aromatic amines is 2. The Morgan fingerprint density at radius 3 is 2.96 bits per heavy atom. The fraction of sp³-hybridized carbons (Fsp3) is 0.150. The molecule has 0 spiro atoms. The molecule has 0 bridgehead atoms. The van der Waals surface area contributed by atoms with Crippen LogP contribution in [0.2, 0.25) is 0 Å². The summed E-state index contributed by atoms with van der Waals surface area (Å²) in [7, 11) is 0. The zero-order valence-corrected chi connectivity index (χ0v) is 13.8. The number of aromatic nitrogens is 2. The van der Waals surface area contributed by atoms with Crippen LogP contribution in [0.25, 0.3) is 21.8 Å². The van der Waals surface area contributed by atoms with Crippen LogP contribution in [0.1, 0.15) is 21.6 Å². The van der Waals surface area contributed by atoms with Crippen LogP contribution in [-0.4, -0.2) is 22.4 Å². The third-order valence-electron chi connectivity index (χ3n) is 4.45. The molecule has 2 heterocycles. The standard InChI is InChI=1S/C20H18FN3O/c1-12-5-6-13-10-18(24-17(13)9-12)20(25)22-8-7-14-11-23-19-15(14)3-2-4-16(19)21/h2-6,9-11,23-24H,7-8H2,1H3,(H,22,25). The minimum absolute atomic E-state index is 0.139. The number of carbonyl (C=O) groups excluding carboxylic acids is 1. The Morgan fingerprint density at radius 1 is 1.20 bits per heavy atom. The molecule has 0 aliphatic carbocycles. The molecule has 0 aliphatic rings. The summed E-state index contributed by atoms with van der Waals surface area (Å²) in [6.45, 7) is 2.50. The van der Waals surface area contributed by atoms with Crippen LogP contribution in [0, 0.1) is 12.7 Å². The highest BCUT2D eigenvalue weighted by Gasteiger charge is 2.11. The monoisotopic (exact) mass is 335 g/mol. The summed E-state index contributed by atoms with van der Waals surface area (Å²) >= 11 is 0. The molecule has 0 fully saturated rings. The fourth-order valence-corrected chi connectivity index (χ4v) is 3.15. The van der Waals surface area contributed by atoms with E-state index in [1.165, 1.54) is 6.07 Å².